The van der Waals surface area contributed by atoms with Crippen LogP contribution in [0.2, 0.25) is 0 Å². The Bertz CT molecular complexity index is 1140. The maximum Gasteiger partial charge on any atom is 0.253 e. The van der Waals surface area contributed by atoms with Gasteiger partial charge < -0.3 is 19.7 Å². The maximum atomic E-state index is 12.7. The van der Waals surface area contributed by atoms with Crippen LogP contribution in [0.15, 0.2) is 53.4 Å². The van der Waals surface area contributed by atoms with Crippen LogP contribution in [0, 0.1) is 0 Å². The molecule has 176 valence electrons. The van der Waals surface area contributed by atoms with Gasteiger partial charge in [-0.15, -0.1) is 0 Å². The fourth-order valence-corrected chi connectivity index (χ4v) is 4.64. The Hall–Kier alpha value is -3.21. The molecule has 2 aromatic rings. The number of nitrogens with zero attached hydrogens (tertiary/aromatic N) is 2. The first-order valence-electron chi connectivity index (χ1n) is 10.3. The minimum absolute atomic E-state index is 0.193. The zero-order valence-electron chi connectivity index (χ0n) is 18.8. The average Bonchev–Trinajstić information content (AvgIpc) is 2.83. The van der Waals surface area contributed by atoms with Crippen molar-refractivity contribution < 1.29 is 27.5 Å². The van der Waals surface area contributed by atoms with Gasteiger partial charge in [-0.05, 0) is 42.0 Å². The van der Waals surface area contributed by atoms with Crippen LogP contribution in [-0.2, 0) is 19.6 Å². The fraction of sp³-hybridized carbons (Fsp3) is 0.304. The molecule has 2 amide bonds. The van der Waals surface area contributed by atoms with Crippen molar-refractivity contribution in [3.05, 3.63) is 59.7 Å². The van der Waals surface area contributed by atoms with Crippen molar-refractivity contribution in [3.63, 3.8) is 0 Å². The Labute approximate surface area is 193 Å². The van der Waals surface area contributed by atoms with E-state index in [0.717, 1.165) is 0 Å². The third-order valence-corrected chi connectivity index (χ3v) is 6.94. The molecule has 0 bridgehead atoms. The summed E-state index contributed by atoms with van der Waals surface area (Å²) in [5.41, 5.74) is 1.44. The highest BCUT2D eigenvalue weighted by Gasteiger charge is 2.26. The normalized spacial score (nSPS) is 14.8. The number of anilines is 1. The Morgan fingerprint density at radius 1 is 1.09 bits per heavy atom. The number of hydrogen-bond acceptors (Lipinski definition) is 6. The number of carbonyl (C=O) groups is 2. The summed E-state index contributed by atoms with van der Waals surface area (Å²) in [7, 11) is 1.19. The van der Waals surface area contributed by atoms with E-state index in [4.69, 9.17) is 9.47 Å². The number of methoxy groups -OCH3 is 1. The number of hydrogen-bond donors (Lipinski definition) is 1. The van der Waals surface area contributed by atoms with E-state index in [-0.39, 0.29) is 10.8 Å². The van der Waals surface area contributed by atoms with Gasteiger partial charge in [0.15, 0.2) is 0 Å². The highest BCUT2D eigenvalue weighted by atomic mass is 32.2. The molecule has 1 N–H and O–H groups in total. The zero-order chi connectivity index (χ0) is 24.0. The molecule has 0 saturated carbocycles. The lowest BCUT2D eigenvalue weighted by Gasteiger charge is -2.26. The van der Waals surface area contributed by atoms with Crippen molar-refractivity contribution in [1.82, 2.24) is 9.21 Å². The second kappa shape index (κ2) is 10.6. The average molecular weight is 474 g/mol. The number of morpholine rings is 1. The van der Waals surface area contributed by atoms with Crippen LogP contribution in [0.25, 0.3) is 6.08 Å². The molecule has 0 spiro atoms. The van der Waals surface area contributed by atoms with Gasteiger partial charge in [0.25, 0.3) is 5.91 Å². The third kappa shape index (κ3) is 5.98. The number of carbonyl (C=O) groups excluding carboxylic acids is 2. The van der Waals surface area contributed by atoms with Crippen LogP contribution in [0.5, 0.6) is 5.75 Å². The molecule has 1 fully saturated rings. The van der Waals surface area contributed by atoms with E-state index >= 15 is 0 Å². The lowest BCUT2D eigenvalue weighted by atomic mass is 10.1. The van der Waals surface area contributed by atoms with E-state index in [1.807, 2.05) is 0 Å². The van der Waals surface area contributed by atoms with Gasteiger partial charge >= 0.3 is 0 Å². The van der Waals surface area contributed by atoms with E-state index in [1.54, 1.807) is 50.5 Å². The molecular formula is C23H27N3O6S. The van der Waals surface area contributed by atoms with Crippen molar-refractivity contribution in [3.8, 4) is 5.75 Å². The van der Waals surface area contributed by atoms with Crippen LogP contribution < -0.4 is 10.1 Å². The molecule has 0 radical (unpaired) electrons. The summed E-state index contributed by atoms with van der Waals surface area (Å²) in [4.78, 5) is 26.3. The quantitative estimate of drug-likeness (QED) is 0.618. The summed E-state index contributed by atoms with van der Waals surface area (Å²) in [6, 6.07) is 11.1. The summed E-state index contributed by atoms with van der Waals surface area (Å²) in [6.45, 7) is 1.42. The first-order valence-corrected chi connectivity index (χ1v) is 11.7. The molecule has 9 nitrogen and oxygen atoms in total. The van der Waals surface area contributed by atoms with Crippen LogP contribution in [-0.4, -0.2) is 76.9 Å². The second-order valence-corrected chi connectivity index (χ2v) is 9.46. The molecule has 1 aliphatic rings. The molecule has 33 heavy (non-hydrogen) atoms. The summed E-state index contributed by atoms with van der Waals surface area (Å²) < 4.78 is 37.3. The molecule has 3 rings (SSSR count). The predicted octanol–water partition coefficient (Wildman–Crippen LogP) is 2.07. The van der Waals surface area contributed by atoms with Crippen molar-refractivity contribution in [2.75, 3.05) is 52.8 Å². The Morgan fingerprint density at radius 2 is 1.76 bits per heavy atom. The molecule has 2 aromatic carbocycles. The highest BCUT2D eigenvalue weighted by Crippen LogP contribution is 2.26. The second-order valence-electron chi connectivity index (χ2n) is 7.52. The van der Waals surface area contributed by atoms with Gasteiger partial charge in [0.1, 0.15) is 5.75 Å². The van der Waals surface area contributed by atoms with Crippen molar-refractivity contribution in [2.24, 2.45) is 0 Å². The van der Waals surface area contributed by atoms with Gasteiger partial charge in [-0.1, -0.05) is 12.1 Å². The number of amides is 2. The Kier molecular flexibility index (Phi) is 7.85. The monoisotopic (exact) mass is 473 g/mol. The number of sulfonamides is 1. The molecule has 10 heteroatoms. The first-order chi connectivity index (χ1) is 15.7. The molecule has 0 aliphatic carbocycles. The largest absolute Gasteiger partial charge is 0.495 e. The standard InChI is InChI=1S/C23H27N3O6S/c1-25(2)23(28)18-7-10-21(31-3)20(16-18)24-22(27)11-6-17-4-8-19(9-5-17)33(29,30)26-12-14-32-15-13-26/h4-11,16H,12-15H2,1-3H3,(H,24,27)/b11-6+. The minimum atomic E-state index is -3.57. The minimum Gasteiger partial charge on any atom is -0.495 e. The lowest BCUT2D eigenvalue weighted by Crippen LogP contribution is -2.40. The molecule has 1 aliphatic heterocycles. The molecular weight excluding hydrogens is 446 g/mol. The summed E-state index contributed by atoms with van der Waals surface area (Å²) in [6.07, 6.45) is 2.90. The smallest absolute Gasteiger partial charge is 0.253 e. The highest BCUT2D eigenvalue weighted by molar-refractivity contribution is 7.89. The molecule has 0 atom stereocenters. The lowest BCUT2D eigenvalue weighted by molar-refractivity contribution is -0.111. The molecule has 1 heterocycles. The predicted molar refractivity (Wildman–Crippen MR) is 125 cm³/mol. The van der Waals surface area contributed by atoms with E-state index in [9.17, 15) is 18.0 Å². The fourth-order valence-electron chi connectivity index (χ4n) is 3.23. The SMILES string of the molecule is COc1ccc(C(=O)N(C)C)cc1NC(=O)/C=C/c1ccc(S(=O)(=O)N2CCOCC2)cc1. The van der Waals surface area contributed by atoms with Gasteiger partial charge in [-0.2, -0.15) is 4.31 Å². The Balaban J connectivity index is 1.70. The van der Waals surface area contributed by atoms with E-state index in [1.165, 1.54) is 34.5 Å². The Morgan fingerprint density at radius 3 is 2.36 bits per heavy atom. The number of benzene rings is 2. The third-order valence-electron chi connectivity index (χ3n) is 5.03. The van der Waals surface area contributed by atoms with Crippen LogP contribution in [0.1, 0.15) is 15.9 Å². The van der Waals surface area contributed by atoms with Crippen LogP contribution in [0.4, 0.5) is 5.69 Å². The van der Waals surface area contributed by atoms with Gasteiger partial charge in [-0.3, -0.25) is 9.59 Å². The van der Waals surface area contributed by atoms with E-state index in [2.05, 4.69) is 5.32 Å². The first kappa shape index (κ1) is 24.4. The number of ether oxygens (including phenoxy) is 2. The summed E-state index contributed by atoms with van der Waals surface area (Å²) in [5.74, 6) is -0.201. The summed E-state index contributed by atoms with van der Waals surface area (Å²) >= 11 is 0. The van der Waals surface area contributed by atoms with Crippen molar-refractivity contribution in [2.45, 2.75) is 4.90 Å². The van der Waals surface area contributed by atoms with E-state index in [0.29, 0.717) is 48.9 Å². The van der Waals surface area contributed by atoms with Crippen LogP contribution in [0.3, 0.4) is 0 Å². The molecule has 1 saturated heterocycles. The van der Waals surface area contributed by atoms with Gasteiger partial charge in [0, 0.05) is 38.8 Å². The van der Waals surface area contributed by atoms with Crippen molar-refractivity contribution >= 4 is 33.6 Å². The van der Waals surface area contributed by atoms with Crippen molar-refractivity contribution in [1.29, 1.82) is 0 Å². The molecule has 0 aromatic heterocycles. The van der Waals surface area contributed by atoms with E-state index < -0.39 is 15.9 Å². The van der Waals surface area contributed by atoms with Gasteiger partial charge in [-0.25, -0.2) is 8.42 Å². The summed E-state index contributed by atoms with van der Waals surface area (Å²) in [5, 5.41) is 2.71. The topological polar surface area (TPSA) is 105 Å². The molecule has 0 unspecified atom stereocenters. The number of nitrogens with one attached hydrogen (secondary N) is 1. The number of rotatable bonds is 7. The van der Waals surface area contributed by atoms with Gasteiger partial charge in [0.05, 0.1) is 30.9 Å². The zero-order valence-corrected chi connectivity index (χ0v) is 19.6. The van der Waals surface area contributed by atoms with Crippen LogP contribution >= 0.6 is 0 Å². The maximum absolute atomic E-state index is 12.7. The van der Waals surface area contributed by atoms with Gasteiger partial charge in [0.2, 0.25) is 15.9 Å².